The fourth-order valence-corrected chi connectivity index (χ4v) is 5.33. The summed E-state index contributed by atoms with van der Waals surface area (Å²) < 4.78 is 22.6. The van der Waals surface area contributed by atoms with Crippen LogP contribution in [0.2, 0.25) is 0 Å². The molecule has 0 aliphatic carbocycles. The first-order valence-corrected chi connectivity index (χ1v) is 11.2. The number of likely N-dealkylation sites (tertiary alicyclic amines) is 2. The molecule has 1 amide bonds. The van der Waals surface area contributed by atoms with Crippen molar-refractivity contribution < 1.29 is 13.2 Å². The van der Waals surface area contributed by atoms with E-state index in [2.05, 4.69) is 9.88 Å². The third-order valence-corrected chi connectivity index (χ3v) is 6.97. The molecule has 6 nitrogen and oxygen atoms in total. The molecule has 2 aliphatic rings. The van der Waals surface area contributed by atoms with Crippen molar-refractivity contribution in [1.29, 1.82) is 0 Å². The molecule has 1 spiro atoms. The van der Waals surface area contributed by atoms with Gasteiger partial charge in [0.1, 0.15) is 9.84 Å². The maximum Gasteiger partial charge on any atom is 0.231 e. The van der Waals surface area contributed by atoms with Gasteiger partial charge in [-0.2, -0.15) is 0 Å². The molecule has 3 heterocycles. The summed E-state index contributed by atoms with van der Waals surface area (Å²) in [7, 11) is -3.02. The summed E-state index contributed by atoms with van der Waals surface area (Å²) in [6, 6.07) is 0. The fraction of sp³-hybridized carbons (Fsp3) is 0.750. The minimum atomic E-state index is -3.02. The topological polar surface area (TPSA) is 70.6 Å². The van der Waals surface area contributed by atoms with Gasteiger partial charge in [-0.05, 0) is 33.2 Å². The van der Waals surface area contributed by atoms with Gasteiger partial charge in [-0.25, -0.2) is 13.4 Å². The van der Waals surface area contributed by atoms with Crippen molar-refractivity contribution in [1.82, 2.24) is 14.8 Å². The summed E-state index contributed by atoms with van der Waals surface area (Å²) in [4.78, 5) is 22.4. The maximum absolute atomic E-state index is 12.6. The molecule has 0 N–H and O–H groups in total. The molecule has 1 atom stereocenters. The van der Waals surface area contributed by atoms with Crippen molar-refractivity contribution in [2.45, 2.75) is 33.2 Å². The summed E-state index contributed by atoms with van der Waals surface area (Å²) in [5.41, 5.74) is 0.801. The van der Waals surface area contributed by atoms with Gasteiger partial charge in [0.25, 0.3) is 0 Å². The number of sulfone groups is 1. The number of thiazole rings is 1. The second-order valence-corrected chi connectivity index (χ2v) is 10.7. The number of rotatable bonds is 5. The van der Waals surface area contributed by atoms with Gasteiger partial charge in [0.2, 0.25) is 5.91 Å². The van der Waals surface area contributed by atoms with Crippen LogP contribution in [0.15, 0.2) is 0 Å². The maximum atomic E-state index is 12.6. The zero-order valence-electron chi connectivity index (χ0n) is 14.5. The van der Waals surface area contributed by atoms with Crippen LogP contribution in [0, 0.1) is 19.3 Å². The Balaban J connectivity index is 1.60. The van der Waals surface area contributed by atoms with E-state index in [0.717, 1.165) is 43.2 Å². The number of aromatic nitrogens is 1. The summed E-state index contributed by atoms with van der Waals surface area (Å²) >= 11 is 1.73. The van der Waals surface area contributed by atoms with E-state index in [4.69, 9.17) is 0 Å². The Hall–Kier alpha value is -0.990. The predicted molar refractivity (Wildman–Crippen MR) is 94.8 cm³/mol. The lowest BCUT2D eigenvalue weighted by atomic mass is 9.72. The van der Waals surface area contributed by atoms with E-state index in [1.807, 2.05) is 13.8 Å². The second-order valence-electron chi connectivity index (χ2n) is 7.19. The first kappa shape index (κ1) is 17.8. The van der Waals surface area contributed by atoms with E-state index in [9.17, 15) is 13.2 Å². The zero-order valence-corrected chi connectivity index (χ0v) is 16.2. The number of carbonyl (C=O) groups excluding carboxylic acids is 1. The highest BCUT2D eigenvalue weighted by Gasteiger charge is 2.53. The van der Waals surface area contributed by atoms with Crippen LogP contribution in [-0.2, 0) is 21.2 Å². The second kappa shape index (κ2) is 6.38. The number of amides is 1. The average Bonchev–Trinajstić information content (AvgIpc) is 2.80. The van der Waals surface area contributed by atoms with Gasteiger partial charge < -0.3 is 4.90 Å². The van der Waals surface area contributed by atoms with E-state index in [-0.39, 0.29) is 17.1 Å². The molecule has 8 heteroatoms. The van der Waals surface area contributed by atoms with E-state index in [0.29, 0.717) is 13.1 Å². The monoisotopic (exact) mass is 371 g/mol. The van der Waals surface area contributed by atoms with Gasteiger partial charge in [0.05, 0.1) is 21.9 Å². The molecule has 1 aromatic heterocycles. The third kappa shape index (κ3) is 3.65. The molecule has 0 saturated carbocycles. The van der Waals surface area contributed by atoms with E-state index < -0.39 is 9.84 Å². The molecular formula is C16H25N3O3S2. The van der Waals surface area contributed by atoms with Gasteiger partial charge in [0.15, 0.2) is 0 Å². The van der Waals surface area contributed by atoms with Crippen molar-refractivity contribution in [3.8, 4) is 0 Å². The Bertz CT molecular complexity index is 744. The third-order valence-electron chi connectivity index (χ3n) is 4.99. The lowest BCUT2D eigenvalue weighted by Crippen LogP contribution is -2.67. The highest BCUT2D eigenvalue weighted by molar-refractivity contribution is 7.90. The predicted octanol–water partition coefficient (Wildman–Crippen LogP) is 1.23. The van der Waals surface area contributed by atoms with Crippen LogP contribution in [0.4, 0.5) is 0 Å². The van der Waals surface area contributed by atoms with E-state index in [1.54, 1.807) is 16.2 Å². The number of aryl methyl sites for hydroxylation is 2. The number of hydrogen-bond donors (Lipinski definition) is 0. The molecular weight excluding hydrogens is 346 g/mol. The number of piperidine rings is 1. The number of hydrogen-bond acceptors (Lipinski definition) is 6. The quantitative estimate of drug-likeness (QED) is 0.728. The number of carbonyl (C=O) groups is 1. The molecule has 2 fully saturated rings. The molecule has 0 aromatic carbocycles. The highest BCUT2D eigenvalue weighted by Crippen LogP contribution is 2.40. The lowest BCUT2D eigenvalue weighted by Gasteiger charge is -2.53. The zero-order chi connectivity index (χ0) is 17.5. The Kier molecular flexibility index (Phi) is 4.74. The first-order chi connectivity index (χ1) is 11.2. The molecule has 1 aromatic rings. The van der Waals surface area contributed by atoms with Crippen LogP contribution in [0.25, 0.3) is 0 Å². The van der Waals surface area contributed by atoms with Crippen molar-refractivity contribution >= 4 is 27.1 Å². The summed E-state index contributed by atoms with van der Waals surface area (Å²) in [6.07, 6.45) is 3.15. The molecule has 0 bridgehead atoms. The molecule has 3 rings (SSSR count). The number of β-lactam (4-membered cyclic amide) rings is 1. The van der Waals surface area contributed by atoms with E-state index in [1.165, 1.54) is 11.1 Å². The van der Waals surface area contributed by atoms with Gasteiger partial charge in [-0.1, -0.05) is 0 Å². The van der Waals surface area contributed by atoms with Crippen molar-refractivity contribution in [3.63, 3.8) is 0 Å². The largest absolute Gasteiger partial charge is 0.340 e. The van der Waals surface area contributed by atoms with Crippen LogP contribution in [0.1, 0.15) is 28.4 Å². The molecule has 134 valence electrons. The van der Waals surface area contributed by atoms with Crippen LogP contribution in [0.3, 0.4) is 0 Å². The van der Waals surface area contributed by atoms with Crippen molar-refractivity contribution in [2.24, 2.45) is 5.41 Å². The normalized spacial score (nSPS) is 25.3. The minimum Gasteiger partial charge on any atom is -0.340 e. The van der Waals surface area contributed by atoms with Gasteiger partial charge in [-0.15, -0.1) is 11.3 Å². The van der Waals surface area contributed by atoms with Crippen molar-refractivity contribution in [3.05, 3.63) is 15.6 Å². The lowest BCUT2D eigenvalue weighted by molar-refractivity contribution is -0.165. The van der Waals surface area contributed by atoms with E-state index >= 15 is 0 Å². The smallest absolute Gasteiger partial charge is 0.231 e. The SMILES string of the molecule is Cc1nc(C)c(CN2CCC[C@@]3(C2)CN(CCS(C)(=O)=O)C3=O)s1. The molecule has 2 saturated heterocycles. The van der Waals surface area contributed by atoms with Gasteiger partial charge >= 0.3 is 0 Å². The molecule has 2 aliphatic heterocycles. The van der Waals surface area contributed by atoms with Crippen LogP contribution < -0.4 is 0 Å². The summed E-state index contributed by atoms with van der Waals surface area (Å²) in [6.45, 7) is 7.72. The van der Waals surface area contributed by atoms with Crippen LogP contribution in [-0.4, -0.2) is 67.3 Å². The van der Waals surface area contributed by atoms with Crippen LogP contribution >= 0.6 is 11.3 Å². The molecule has 24 heavy (non-hydrogen) atoms. The minimum absolute atomic E-state index is 0.0534. The Labute approximate surface area is 147 Å². The molecule has 0 radical (unpaired) electrons. The summed E-state index contributed by atoms with van der Waals surface area (Å²) in [5, 5.41) is 1.08. The number of nitrogens with zero attached hydrogens (tertiary/aromatic N) is 3. The van der Waals surface area contributed by atoms with Gasteiger partial charge in [0, 0.05) is 37.3 Å². The Morgan fingerprint density at radius 2 is 2.04 bits per heavy atom. The standard InChI is InChI=1S/C16H25N3O3S2/c1-12-14(23-13(2)17-12)9-18-6-4-5-16(10-18)11-19(15(16)20)7-8-24(3,21)22/h4-11H2,1-3H3/t16-/m1/s1. The van der Waals surface area contributed by atoms with Crippen molar-refractivity contribution in [2.75, 3.05) is 38.2 Å². The molecule has 0 unspecified atom stereocenters. The Morgan fingerprint density at radius 3 is 2.62 bits per heavy atom. The van der Waals surface area contributed by atoms with Crippen LogP contribution in [0.5, 0.6) is 0 Å². The fourth-order valence-electron chi connectivity index (χ4n) is 3.79. The Morgan fingerprint density at radius 1 is 1.29 bits per heavy atom. The highest BCUT2D eigenvalue weighted by atomic mass is 32.2. The average molecular weight is 372 g/mol. The first-order valence-electron chi connectivity index (χ1n) is 8.31. The summed E-state index contributed by atoms with van der Waals surface area (Å²) in [5.74, 6) is 0.186. The van der Waals surface area contributed by atoms with Gasteiger partial charge in [-0.3, -0.25) is 9.69 Å².